The third-order valence-corrected chi connectivity index (χ3v) is 3.71. The summed E-state index contributed by atoms with van der Waals surface area (Å²) >= 11 is 0. The maximum atomic E-state index is 13.2. The van der Waals surface area contributed by atoms with Crippen LogP contribution in [0.4, 0.5) is 8.78 Å². The van der Waals surface area contributed by atoms with Gasteiger partial charge in [0.1, 0.15) is 0 Å². The Hall–Kier alpha value is -1.78. The highest BCUT2D eigenvalue weighted by atomic mass is 19.2. The van der Waals surface area contributed by atoms with Gasteiger partial charge in [0.25, 0.3) is 0 Å². The number of nitrogens with zero attached hydrogens (tertiary/aromatic N) is 1. The molecule has 3 nitrogen and oxygen atoms in total. The second-order valence-electron chi connectivity index (χ2n) is 4.56. The van der Waals surface area contributed by atoms with E-state index in [0.29, 0.717) is 12.0 Å². The van der Waals surface area contributed by atoms with Crippen LogP contribution < -0.4 is 0 Å². The number of benzene rings is 1. The van der Waals surface area contributed by atoms with Gasteiger partial charge in [0.15, 0.2) is 11.6 Å². The molecule has 2 aliphatic rings. The zero-order valence-electron chi connectivity index (χ0n) is 9.04. The van der Waals surface area contributed by atoms with Crippen molar-refractivity contribution in [1.82, 2.24) is 4.90 Å². The van der Waals surface area contributed by atoms with Crippen LogP contribution >= 0.6 is 0 Å². The maximum Gasteiger partial charge on any atom is 0.240 e. The Morgan fingerprint density at radius 3 is 2.53 bits per heavy atom. The molecule has 2 atom stereocenters. The fourth-order valence-corrected chi connectivity index (χ4v) is 2.65. The Bertz CT molecular complexity index is 557. The molecule has 1 heterocycles. The number of piperidine rings is 1. The fraction of sp³-hybridized carbons (Fsp3) is 0.333. The summed E-state index contributed by atoms with van der Waals surface area (Å²) in [6.07, 6.45) is 0.403. The maximum absolute atomic E-state index is 13.2. The number of imide groups is 1. The molecule has 1 aromatic rings. The molecule has 5 heteroatoms. The van der Waals surface area contributed by atoms with Gasteiger partial charge in [0, 0.05) is 7.05 Å². The van der Waals surface area contributed by atoms with Gasteiger partial charge in [-0.15, -0.1) is 0 Å². The molecule has 17 heavy (non-hydrogen) atoms. The van der Waals surface area contributed by atoms with E-state index >= 15 is 0 Å². The quantitative estimate of drug-likeness (QED) is 0.689. The van der Waals surface area contributed by atoms with Gasteiger partial charge in [0.05, 0.1) is 11.3 Å². The molecule has 2 fully saturated rings. The number of carbonyl (C=O) groups is 2. The first-order chi connectivity index (χ1) is 7.98. The van der Waals surface area contributed by atoms with E-state index in [-0.39, 0.29) is 11.8 Å². The minimum Gasteiger partial charge on any atom is -0.285 e. The molecular formula is C12H9F2NO2. The molecular weight excluding hydrogens is 228 g/mol. The second kappa shape index (κ2) is 2.91. The molecule has 88 valence electrons. The van der Waals surface area contributed by atoms with Crippen molar-refractivity contribution in [3.05, 3.63) is 35.4 Å². The largest absolute Gasteiger partial charge is 0.285 e. The Balaban J connectivity index is 2.09. The number of likely N-dealkylation sites (tertiary alicyclic amines) is 1. The lowest BCUT2D eigenvalue weighted by Crippen LogP contribution is -2.32. The van der Waals surface area contributed by atoms with E-state index in [1.807, 2.05) is 0 Å². The highest BCUT2D eigenvalue weighted by Crippen LogP contribution is 2.60. The molecule has 0 aromatic heterocycles. The van der Waals surface area contributed by atoms with Gasteiger partial charge in [-0.05, 0) is 24.1 Å². The van der Waals surface area contributed by atoms with Crippen molar-refractivity contribution < 1.29 is 18.4 Å². The van der Waals surface area contributed by atoms with Gasteiger partial charge in [-0.1, -0.05) is 6.07 Å². The van der Waals surface area contributed by atoms with Gasteiger partial charge in [-0.3, -0.25) is 14.5 Å². The van der Waals surface area contributed by atoms with Crippen LogP contribution in [0.15, 0.2) is 18.2 Å². The third-order valence-electron chi connectivity index (χ3n) is 3.71. The first kappa shape index (κ1) is 10.4. The lowest BCUT2D eigenvalue weighted by atomic mass is 9.94. The van der Waals surface area contributed by atoms with Crippen molar-refractivity contribution in [3.8, 4) is 0 Å². The van der Waals surface area contributed by atoms with Crippen LogP contribution in [0.5, 0.6) is 0 Å². The topological polar surface area (TPSA) is 37.4 Å². The number of carbonyl (C=O) groups excluding carboxylic acids is 2. The number of halogens is 2. The van der Waals surface area contributed by atoms with Crippen LogP contribution in [0.2, 0.25) is 0 Å². The van der Waals surface area contributed by atoms with E-state index in [1.165, 1.54) is 13.1 Å². The molecule has 0 N–H and O–H groups in total. The Kier molecular flexibility index (Phi) is 1.78. The molecule has 2 amide bonds. The number of rotatable bonds is 1. The smallest absolute Gasteiger partial charge is 0.240 e. The Morgan fingerprint density at radius 2 is 2.00 bits per heavy atom. The summed E-state index contributed by atoms with van der Waals surface area (Å²) in [7, 11) is 1.42. The Morgan fingerprint density at radius 1 is 1.29 bits per heavy atom. The summed E-state index contributed by atoms with van der Waals surface area (Å²) in [6, 6.07) is 3.38. The lowest BCUT2D eigenvalue weighted by molar-refractivity contribution is -0.140. The van der Waals surface area contributed by atoms with Crippen LogP contribution in [-0.4, -0.2) is 23.8 Å². The minimum atomic E-state index is -0.989. The SMILES string of the molecule is CN1C(=O)C2CC2(c2ccc(F)c(F)c2)C1=O. The molecule has 1 aliphatic carbocycles. The van der Waals surface area contributed by atoms with E-state index in [9.17, 15) is 18.4 Å². The normalized spacial score (nSPS) is 30.8. The van der Waals surface area contributed by atoms with Gasteiger partial charge < -0.3 is 0 Å². The van der Waals surface area contributed by atoms with Crippen molar-refractivity contribution >= 4 is 11.8 Å². The summed E-state index contributed by atoms with van der Waals surface area (Å²) < 4.78 is 26.0. The summed E-state index contributed by atoms with van der Waals surface area (Å²) in [6.45, 7) is 0. The third kappa shape index (κ3) is 1.09. The fourth-order valence-electron chi connectivity index (χ4n) is 2.65. The number of hydrogen-bond donors (Lipinski definition) is 0. The number of fused-ring (bicyclic) bond motifs is 1. The van der Waals surface area contributed by atoms with Gasteiger partial charge >= 0.3 is 0 Å². The molecule has 1 saturated carbocycles. The van der Waals surface area contributed by atoms with E-state index in [1.54, 1.807) is 0 Å². The average molecular weight is 237 g/mol. The molecule has 0 spiro atoms. The average Bonchev–Trinajstić information content (AvgIpc) is 3.02. The predicted molar refractivity (Wildman–Crippen MR) is 53.9 cm³/mol. The van der Waals surface area contributed by atoms with Crippen LogP contribution in [0.3, 0.4) is 0 Å². The van der Waals surface area contributed by atoms with Crippen LogP contribution in [0.25, 0.3) is 0 Å². The van der Waals surface area contributed by atoms with Gasteiger partial charge in [-0.2, -0.15) is 0 Å². The van der Waals surface area contributed by atoms with Crippen LogP contribution in [-0.2, 0) is 15.0 Å². The van der Waals surface area contributed by atoms with E-state index in [2.05, 4.69) is 0 Å². The predicted octanol–water partition coefficient (Wildman–Crippen LogP) is 1.22. The zero-order valence-corrected chi connectivity index (χ0v) is 9.04. The summed E-state index contributed by atoms with van der Waals surface area (Å²) in [5, 5.41) is 0. The molecule has 0 radical (unpaired) electrons. The van der Waals surface area contributed by atoms with Crippen LogP contribution in [0, 0.1) is 17.6 Å². The van der Waals surface area contributed by atoms with Crippen LogP contribution in [0.1, 0.15) is 12.0 Å². The Labute approximate surface area is 96.0 Å². The van der Waals surface area contributed by atoms with Crippen molar-refractivity contribution in [2.75, 3.05) is 7.05 Å². The molecule has 1 saturated heterocycles. The van der Waals surface area contributed by atoms with Gasteiger partial charge in [-0.25, -0.2) is 8.78 Å². The lowest BCUT2D eigenvalue weighted by Gasteiger charge is -2.14. The monoisotopic (exact) mass is 237 g/mol. The van der Waals surface area contributed by atoms with Crippen molar-refractivity contribution in [3.63, 3.8) is 0 Å². The molecule has 0 bridgehead atoms. The highest BCUT2D eigenvalue weighted by Gasteiger charge is 2.71. The summed E-state index contributed by atoms with van der Waals surface area (Å²) in [5.74, 6) is -2.90. The first-order valence-corrected chi connectivity index (χ1v) is 5.26. The number of likely N-dealkylation sites (N-methyl/N-ethyl adjacent to an activating group) is 1. The minimum absolute atomic E-state index is 0.236. The van der Waals surface area contributed by atoms with E-state index in [4.69, 9.17) is 0 Å². The highest BCUT2D eigenvalue weighted by molar-refractivity contribution is 6.14. The summed E-state index contributed by atoms with van der Waals surface area (Å²) in [5.41, 5.74) is -0.537. The second-order valence-corrected chi connectivity index (χ2v) is 4.56. The van der Waals surface area contributed by atoms with Crippen molar-refractivity contribution in [1.29, 1.82) is 0 Å². The molecule has 1 aliphatic heterocycles. The molecule has 2 unspecified atom stereocenters. The zero-order chi connectivity index (χ0) is 12.4. The standard InChI is InChI=1S/C12H9F2NO2/c1-15-10(16)7-5-12(7,11(15)17)6-2-3-8(13)9(14)4-6/h2-4,7H,5H2,1H3. The van der Waals surface area contributed by atoms with Gasteiger partial charge in [0.2, 0.25) is 11.8 Å². The van der Waals surface area contributed by atoms with Crippen molar-refractivity contribution in [2.45, 2.75) is 11.8 Å². The number of amides is 2. The van der Waals surface area contributed by atoms with E-state index < -0.39 is 23.0 Å². The van der Waals surface area contributed by atoms with E-state index in [0.717, 1.165) is 17.0 Å². The molecule has 1 aromatic carbocycles. The molecule has 3 rings (SSSR count). The number of hydrogen-bond acceptors (Lipinski definition) is 2. The first-order valence-electron chi connectivity index (χ1n) is 5.26. The summed E-state index contributed by atoms with van der Waals surface area (Å²) in [4.78, 5) is 24.7. The van der Waals surface area contributed by atoms with Crippen molar-refractivity contribution in [2.24, 2.45) is 5.92 Å².